The molecule has 62 valence electrons. The van der Waals surface area contributed by atoms with Crippen molar-refractivity contribution in [1.29, 1.82) is 0 Å². The molecule has 0 aliphatic heterocycles. The van der Waals surface area contributed by atoms with Crippen LogP contribution >= 0.6 is 0 Å². The maximum Gasteiger partial charge on any atom is 0 e. The topological polar surface area (TPSA) is 0 Å². The molecule has 0 unspecified atom stereocenters. The van der Waals surface area contributed by atoms with Crippen molar-refractivity contribution < 1.29 is 19.5 Å². The van der Waals surface area contributed by atoms with Gasteiger partial charge in [0, 0.05) is 19.5 Å². The summed E-state index contributed by atoms with van der Waals surface area (Å²) in [5.74, 6) is 0. The summed E-state index contributed by atoms with van der Waals surface area (Å²) < 4.78 is 0. The molecule has 0 aliphatic rings. The molecule has 0 atom stereocenters. The van der Waals surface area contributed by atoms with E-state index in [-0.39, 0.29) is 19.5 Å². The molecule has 0 aromatic heterocycles. The van der Waals surface area contributed by atoms with E-state index < -0.39 is 0 Å². The van der Waals surface area contributed by atoms with Gasteiger partial charge in [-0.25, -0.2) is 0 Å². The quantitative estimate of drug-likeness (QED) is 0.606. The van der Waals surface area contributed by atoms with Crippen LogP contribution in [0.1, 0.15) is 22.3 Å². The summed E-state index contributed by atoms with van der Waals surface area (Å²) in [5, 5.41) is 0. The zero-order valence-corrected chi connectivity index (χ0v) is 9.25. The molecule has 0 fully saturated rings. The van der Waals surface area contributed by atoms with Crippen molar-refractivity contribution in [3.63, 3.8) is 0 Å². The second-order valence-corrected chi connectivity index (χ2v) is 3.02. The summed E-state index contributed by atoms with van der Waals surface area (Å²) in [7, 11) is 0. The largest absolute Gasteiger partial charge is 0.0561 e. The summed E-state index contributed by atoms with van der Waals surface area (Å²) in [6.07, 6.45) is 0. The van der Waals surface area contributed by atoms with Gasteiger partial charge in [0.25, 0.3) is 0 Å². The van der Waals surface area contributed by atoms with Crippen LogP contribution in [0.25, 0.3) is 0 Å². The monoisotopic (exact) mass is 236 g/mol. The summed E-state index contributed by atoms with van der Waals surface area (Å²) in [5.41, 5.74) is 5.58. The van der Waals surface area contributed by atoms with Crippen molar-refractivity contribution in [2.24, 2.45) is 0 Å². The number of rotatable bonds is 0. The van der Waals surface area contributed by atoms with E-state index in [4.69, 9.17) is 0 Å². The van der Waals surface area contributed by atoms with Crippen molar-refractivity contribution in [3.8, 4) is 0 Å². The average molecular weight is 235 g/mol. The fourth-order valence-corrected chi connectivity index (χ4v) is 1.25. The molecule has 0 N–H and O–H groups in total. The Bertz CT molecular complexity index is 228. The summed E-state index contributed by atoms with van der Waals surface area (Å²) in [6.45, 7) is 8.63. The van der Waals surface area contributed by atoms with Crippen molar-refractivity contribution in [2.45, 2.75) is 27.7 Å². The van der Waals surface area contributed by atoms with E-state index in [2.05, 4.69) is 39.8 Å². The Hall–Kier alpha value is -0.157. The van der Waals surface area contributed by atoms with Crippen LogP contribution in [-0.2, 0) is 19.5 Å². The molecule has 0 bridgehead atoms. The zero-order valence-electron chi connectivity index (χ0n) is 7.51. The molecule has 0 aliphatic carbocycles. The van der Waals surface area contributed by atoms with Gasteiger partial charge in [0.2, 0.25) is 0 Å². The third kappa shape index (κ3) is 2.41. The minimum absolute atomic E-state index is 0. The van der Waals surface area contributed by atoms with Crippen LogP contribution in [0.15, 0.2) is 12.1 Å². The second-order valence-electron chi connectivity index (χ2n) is 3.02. The molecule has 1 rings (SSSR count). The fraction of sp³-hybridized carbons (Fsp3) is 0.400. The van der Waals surface area contributed by atoms with Gasteiger partial charge in [-0.3, -0.25) is 0 Å². The van der Waals surface area contributed by atoms with Gasteiger partial charge in [-0.2, -0.15) is 0 Å². The van der Waals surface area contributed by atoms with Crippen LogP contribution in [0.3, 0.4) is 0 Å². The van der Waals surface area contributed by atoms with Crippen molar-refractivity contribution >= 4 is 0 Å². The van der Waals surface area contributed by atoms with E-state index in [1.807, 2.05) is 0 Å². The van der Waals surface area contributed by atoms with E-state index in [0.29, 0.717) is 0 Å². The molecule has 0 radical (unpaired) electrons. The van der Waals surface area contributed by atoms with Gasteiger partial charge >= 0.3 is 0 Å². The van der Waals surface area contributed by atoms with Crippen molar-refractivity contribution in [3.05, 3.63) is 34.4 Å². The molecule has 0 amide bonds. The van der Waals surface area contributed by atoms with Gasteiger partial charge in [0.15, 0.2) is 0 Å². The molecule has 0 saturated carbocycles. The van der Waals surface area contributed by atoms with E-state index >= 15 is 0 Å². The molecule has 1 aromatic rings. The summed E-state index contributed by atoms with van der Waals surface area (Å²) >= 11 is 0. The molecule has 0 spiro atoms. The Kier molecular flexibility index (Phi) is 3.96. The van der Waals surface area contributed by atoms with Crippen LogP contribution in [0.5, 0.6) is 0 Å². The minimum Gasteiger partial charge on any atom is -0.0561 e. The molecule has 1 heteroatoms. The average Bonchev–Trinajstić information content (AvgIpc) is 1.82. The van der Waals surface area contributed by atoms with Gasteiger partial charge in [0.1, 0.15) is 0 Å². The van der Waals surface area contributed by atoms with Gasteiger partial charge < -0.3 is 0 Å². The normalized spacial score (nSPS) is 9.09. The van der Waals surface area contributed by atoms with Crippen LogP contribution in [0.2, 0.25) is 0 Å². The smallest absolute Gasteiger partial charge is 0 e. The van der Waals surface area contributed by atoms with E-state index in [1.54, 1.807) is 0 Å². The van der Waals surface area contributed by atoms with Crippen molar-refractivity contribution in [1.82, 2.24) is 0 Å². The first-order valence-electron chi connectivity index (χ1n) is 3.65. The maximum absolute atomic E-state index is 2.22. The number of aryl methyl sites for hydroxylation is 3. The SMILES string of the molecule is Cc1cc(C)c(C)c(C)c1.[Ru]. The number of benzene rings is 1. The Morgan fingerprint density at radius 1 is 0.818 bits per heavy atom. The molecule has 0 heterocycles. The molecule has 1 aromatic carbocycles. The van der Waals surface area contributed by atoms with Crippen molar-refractivity contribution in [2.75, 3.05) is 0 Å². The Morgan fingerprint density at radius 3 is 1.55 bits per heavy atom. The molecule has 11 heavy (non-hydrogen) atoms. The van der Waals surface area contributed by atoms with Crippen LogP contribution < -0.4 is 0 Å². The van der Waals surface area contributed by atoms with Gasteiger partial charge in [-0.1, -0.05) is 17.7 Å². The predicted octanol–water partition coefficient (Wildman–Crippen LogP) is 2.92. The Balaban J connectivity index is 0.000001000. The zero-order chi connectivity index (χ0) is 7.72. The first kappa shape index (κ1) is 10.8. The number of hydrogen-bond donors (Lipinski definition) is 0. The third-order valence-corrected chi connectivity index (χ3v) is 2.07. The predicted molar refractivity (Wildman–Crippen MR) is 45.4 cm³/mol. The summed E-state index contributed by atoms with van der Waals surface area (Å²) in [4.78, 5) is 0. The van der Waals surface area contributed by atoms with E-state index in [0.717, 1.165) is 0 Å². The first-order valence-corrected chi connectivity index (χ1v) is 3.65. The first-order chi connectivity index (χ1) is 4.61. The third-order valence-electron chi connectivity index (χ3n) is 2.07. The second kappa shape index (κ2) is 4.02. The van der Waals surface area contributed by atoms with Crippen LogP contribution in [-0.4, -0.2) is 0 Å². The Labute approximate surface area is 81.8 Å². The Morgan fingerprint density at radius 2 is 1.18 bits per heavy atom. The van der Waals surface area contributed by atoms with Gasteiger partial charge in [-0.05, 0) is 44.4 Å². The van der Waals surface area contributed by atoms with Gasteiger partial charge in [-0.15, -0.1) is 0 Å². The molecule has 0 saturated heterocycles. The maximum atomic E-state index is 2.22. The fourth-order valence-electron chi connectivity index (χ4n) is 1.25. The molecular formula is C10H14Ru. The van der Waals surface area contributed by atoms with E-state index in [1.165, 1.54) is 22.3 Å². The van der Waals surface area contributed by atoms with E-state index in [9.17, 15) is 0 Å². The summed E-state index contributed by atoms with van der Waals surface area (Å²) in [6, 6.07) is 4.45. The van der Waals surface area contributed by atoms with Crippen LogP contribution in [0, 0.1) is 27.7 Å². The molecular weight excluding hydrogens is 221 g/mol. The minimum atomic E-state index is 0. The number of hydrogen-bond acceptors (Lipinski definition) is 0. The standard InChI is InChI=1S/C10H14.Ru/c1-7-5-8(2)10(4)9(3)6-7;/h5-6H,1-4H3;. The molecule has 0 nitrogen and oxygen atoms in total. The van der Waals surface area contributed by atoms with Crippen LogP contribution in [0.4, 0.5) is 0 Å². The van der Waals surface area contributed by atoms with Gasteiger partial charge in [0.05, 0.1) is 0 Å².